The van der Waals surface area contributed by atoms with Gasteiger partial charge < -0.3 is 4.42 Å². The molecule has 0 saturated heterocycles. The molecule has 3 rings (SSSR count). The van der Waals surface area contributed by atoms with Crippen LogP contribution in [0.15, 0.2) is 39.3 Å². The molecule has 0 fully saturated rings. The Bertz CT molecular complexity index is 612. The molecule has 0 unspecified atom stereocenters. The molecule has 86 valence electrons. The van der Waals surface area contributed by atoms with Gasteiger partial charge in [0.1, 0.15) is 5.52 Å². The van der Waals surface area contributed by atoms with Crippen molar-refractivity contribution >= 4 is 34.2 Å². The van der Waals surface area contributed by atoms with E-state index in [4.69, 9.17) is 4.42 Å². The third-order valence-corrected chi connectivity index (χ3v) is 3.97. The lowest BCUT2D eigenvalue weighted by atomic mass is 10.3. The molecule has 0 aliphatic heterocycles. The van der Waals surface area contributed by atoms with Crippen molar-refractivity contribution in [3.63, 3.8) is 0 Å². The lowest BCUT2D eigenvalue weighted by Crippen LogP contribution is -1.80. The zero-order chi connectivity index (χ0) is 11.7. The second-order valence-electron chi connectivity index (χ2n) is 3.59. The smallest absolute Gasteiger partial charge is 0.257 e. The lowest BCUT2D eigenvalue weighted by molar-refractivity contribution is 0.489. The average Bonchev–Trinajstić information content (AvgIpc) is 2.91. The van der Waals surface area contributed by atoms with E-state index in [1.807, 2.05) is 31.2 Å². The number of fused-ring (bicyclic) bond motifs is 1. The number of hydrogen-bond donors (Lipinski definition) is 0. The third kappa shape index (κ3) is 2.35. The van der Waals surface area contributed by atoms with Crippen LogP contribution in [-0.4, -0.2) is 9.97 Å². The summed E-state index contributed by atoms with van der Waals surface area (Å²) in [7, 11) is 0. The summed E-state index contributed by atoms with van der Waals surface area (Å²) in [4.78, 5) is 8.81. The van der Waals surface area contributed by atoms with Gasteiger partial charge in [0, 0.05) is 11.1 Å². The minimum atomic E-state index is 0.705. The predicted octanol–water partition coefficient (Wildman–Crippen LogP) is 3.89. The first-order chi connectivity index (χ1) is 8.31. The van der Waals surface area contributed by atoms with Crippen LogP contribution in [0.2, 0.25) is 0 Å². The molecule has 3 nitrogen and oxygen atoms in total. The fraction of sp³-hybridized carbons (Fsp3) is 0.167. The minimum absolute atomic E-state index is 0.705. The maximum absolute atomic E-state index is 5.62. The van der Waals surface area contributed by atoms with Gasteiger partial charge in [0.05, 0.1) is 10.7 Å². The highest BCUT2D eigenvalue weighted by molar-refractivity contribution is 7.98. The van der Waals surface area contributed by atoms with E-state index >= 15 is 0 Å². The molecule has 3 aromatic rings. The van der Waals surface area contributed by atoms with E-state index in [9.17, 15) is 0 Å². The fourth-order valence-corrected chi connectivity index (χ4v) is 2.97. The minimum Gasteiger partial charge on any atom is -0.431 e. The first-order valence-electron chi connectivity index (χ1n) is 5.20. The van der Waals surface area contributed by atoms with Gasteiger partial charge in [0.2, 0.25) is 0 Å². The molecule has 5 heteroatoms. The molecule has 2 heterocycles. The van der Waals surface area contributed by atoms with Crippen molar-refractivity contribution in [2.75, 3.05) is 0 Å². The highest BCUT2D eigenvalue weighted by atomic mass is 32.2. The summed E-state index contributed by atoms with van der Waals surface area (Å²) >= 11 is 3.25. The largest absolute Gasteiger partial charge is 0.431 e. The van der Waals surface area contributed by atoms with Crippen molar-refractivity contribution in [1.29, 1.82) is 0 Å². The Morgan fingerprint density at radius 3 is 2.94 bits per heavy atom. The quantitative estimate of drug-likeness (QED) is 0.671. The van der Waals surface area contributed by atoms with Gasteiger partial charge in [-0.3, -0.25) is 0 Å². The van der Waals surface area contributed by atoms with Crippen molar-refractivity contribution in [1.82, 2.24) is 9.97 Å². The van der Waals surface area contributed by atoms with Crippen LogP contribution in [0.25, 0.3) is 11.1 Å². The van der Waals surface area contributed by atoms with E-state index in [0.29, 0.717) is 5.22 Å². The van der Waals surface area contributed by atoms with Crippen LogP contribution in [0.1, 0.15) is 10.7 Å². The monoisotopic (exact) mass is 262 g/mol. The first kappa shape index (κ1) is 10.8. The maximum Gasteiger partial charge on any atom is 0.257 e. The Kier molecular flexibility index (Phi) is 2.86. The number of rotatable bonds is 3. The second-order valence-corrected chi connectivity index (χ2v) is 5.58. The van der Waals surface area contributed by atoms with E-state index in [1.54, 1.807) is 23.1 Å². The number of aryl methyl sites for hydroxylation is 1. The van der Waals surface area contributed by atoms with Crippen molar-refractivity contribution in [2.24, 2.45) is 0 Å². The highest BCUT2D eigenvalue weighted by Gasteiger charge is 2.06. The number of aromatic nitrogens is 2. The molecule has 0 spiro atoms. The number of oxazole rings is 1. The summed E-state index contributed by atoms with van der Waals surface area (Å²) in [5, 5.41) is 3.88. The number of hydrogen-bond acceptors (Lipinski definition) is 5. The number of thioether (sulfide) groups is 1. The molecule has 0 aliphatic rings. The Morgan fingerprint density at radius 2 is 2.18 bits per heavy atom. The van der Waals surface area contributed by atoms with Crippen LogP contribution in [-0.2, 0) is 5.75 Å². The summed E-state index contributed by atoms with van der Waals surface area (Å²) in [5.74, 6) is 0.803. The molecule has 0 aliphatic carbocycles. The van der Waals surface area contributed by atoms with Gasteiger partial charge in [-0.2, -0.15) is 0 Å². The van der Waals surface area contributed by atoms with E-state index in [1.165, 1.54) is 0 Å². The van der Waals surface area contributed by atoms with Crippen molar-refractivity contribution in [3.05, 3.63) is 40.3 Å². The van der Waals surface area contributed by atoms with Crippen LogP contribution in [0.5, 0.6) is 0 Å². The average molecular weight is 262 g/mol. The van der Waals surface area contributed by atoms with Gasteiger partial charge in [0.15, 0.2) is 5.58 Å². The molecule has 0 amide bonds. The number of nitrogens with zero attached hydrogens (tertiary/aromatic N) is 2. The van der Waals surface area contributed by atoms with Crippen molar-refractivity contribution < 1.29 is 4.42 Å². The van der Waals surface area contributed by atoms with Gasteiger partial charge in [0.25, 0.3) is 5.22 Å². The van der Waals surface area contributed by atoms with E-state index in [-0.39, 0.29) is 0 Å². The van der Waals surface area contributed by atoms with Crippen LogP contribution in [0, 0.1) is 6.92 Å². The summed E-state index contributed by atoms with van der Waals surface area (Å²) in [6.45, 7) is 2.01. The predicted molar refractivity (Wildman–Crippen MR) is 70.4 cm³/mol. The van der Waals surface area contributed by atoms with Gasteiger partial charge >= 0.3 is 0 Å². The standard InChI is InChI=1S/C12H10N2OS2/c1-8-13-9(6-16-8)7-17-12-14-10-4-2-3-5-11(10)15-12/h2-6H,7H2,1H3. The van der Waals surface area contributed by atoms with Gasteiger partial charge in [-0.1, -0.05) is 23.9 Å². The molecular formula is C12H10N2OS2. The number of benzene rings is 1. The topological polar surface area (TPSA) is 38.9 Å². The van der Waals surface area contributed by atoms with Crippen molar-refractivity contribution in [2.45, 2.75) is 17.9 Å². The maximum atomic E-state index is 5.62. The number of para-hydroxylation sites is 2. The van der Waals surface area contributed by atoms with Crippen LogP contribution in [0.4, 0.5) is 0 Å². The zero-order valence-electron chi connectivity index (χ0n) is 9.21. The fourth-order valence-electron chi connectivity index (χ4n) is 1.52. The summed E-state index contributed by atoms with van der Waals surface area (Å²) in [5.41, 5.74) is 2.83. The Balaban J connectivity index is 1.76. The van der Waals surface area contributed by atoms with Gasteiger partial charge in [-0.05, 0) is 19.1 Å². The molecule has 0 N–H and O–H groups in total. The highest BCUT2D eigenvalue weighted by Crippen LogP contribution is 2.26. The van der Waals surface area contributed by atoms with Crippen LogP contribution in [0.3, 0.4) is 0 Å². The molecule has 0 bridgehead atoms. The Morgan fingerprint density at radius 1 is 1.29 bits per heavy atom. The van der Waals surface area contributed by atoms with E-state index in [0.717, 1.165) is 27.6 Å². The van der Waals surface area contributed by atoms with Crippen LogP contribution < -0.4 is 0 Å². The van der Waals surface area contributed by atoms with Gasteiger partial charge in [-0.25, -0.2) is 9.97 Å². The first-order valence-corrected chi connectivity index (χ1v) is 7.07. The van der Waals surface area contributed by atoms with Gasteiger partial charge in [-0.15, -0.1) is 11.3 Å². The molecular weight excluding hydrogens is 252 g/mol. The molecule has 0 radical (unpaired) electrons. The van der Waals surface area contributed by atoms with Crippen LogP contribution >= 0.6 is 23.1 Å². The normalized spacial score (nSPS) is 11.1. The lowest BCUT2D eigenvalue weighted by Gasteiger charge is -1.91. The summed E-state index contributed by atoms with van der Waals surface area (Å²) in [6.07, 6.45) is 0. The Hall–Kier alpha value is -1.33. The molecule has 0 saturated carbocycles. The number of thiazole rings is 1. The molecule has 17 heavy (non-hydrogen) atoms. The van der Waals surface area contributed by atoms with E-state index in [2.05, 4.69) is 15.3 Å². The molecule has 0 atom stereocenters. The SMILES string of the molecule is Cc1nc(CSc2nc3ccccc3o2)cs1. The third-order valence-electron chi connectivity index (χ3n) is 2.28. The molecule has 1 aromatic carbocycles. The second kappa shape index (κ2) is 4.50. The zero-order valence-corrected chi connectivity index (χ0v) is 10.8. The summed E-state index contributed by atoms with van der Waals surface area (Å²) < 4.78 is 5.62. The van der Waals surface area contributed by atoms with E-state index < -0.39 is 0 Å². The summed E-state index contributed by atoms with van der Waals surface area (Å²) in [6, 6.07) is 7.80. The molecule has 2 aromatic heterocycles. The van der Waals surface area contributed by atoms with Crippen molar-refractivity contribution in [3.8, 4) is 0 Å². The Labute approximate surface area is 107 Å².